The topological polar surface area (TPSA) is 60.9 Å². The summed E-state index contributed by atoms with van der Waals surface area (Å²) in [5, 5.41) is 0. The maximum absolute atomic E-state index is 13.7. The van der Waals surface area contributed by atoms with Crippen LogP contribution in [0, 0.1) is 5.82 Å². The minimum Gasteiger partial charge on any atom is -0.370 e. The van der Waals surface area contributed by atoms with Crippen molar-refractivity contribution < 1.29 is 9.18 Å². The van der Waals surface area contributed by atoms with Gasteiger partial charge in [0.15, 0.2) is 0 Å². The molecule has 0 aliphatic rings. The van der Waals surface area contributed by atoms with E-state index in [2.05, 4.69) is 20.9 Å². The molecule has 0 bridgehead atoms. The molecule has 0 atom stereocenters. The molecule has 2 aromatic rings. The van der Waals surface area contributed by atoms with Crippen molar-refractivity contribution in [3.8, 4) is 0 Å². The minimum absolute atomic E-state index is 0.291. The summed E-state index contributed by atoms with van der Waals surface area (Å²) >= 11 is 8.92. The zero-order valence-electron chi connectivity index (χ0n) is 10.7. The summed E-state index contributed by atoms with van der Waals surface area (Å²) in [5.41, 5.74) is 6.54. The minimum atomic E-state index is -0.345. The van der Waals surface area contributed by atoms with Crippen molar-refractivity contribution in [1.82, 2.24) is 9.55 Å². The first-order valence-electron chi connectivity index (χ1n) is 6.21. The van der Waals surface area contributed by atoms with Crippen molar-refractivity contribution in [3.05, 3.63) is 28.2 Å². The number of alkyl halides is 1. The first-order chi connectivity index (χ1) is 9.52. The molecule has 2 N–H and O–H groups in total. The fraction of sp³-hybridized carbons (Fsp3) is 0.385. The van der Waals surface area contributed by atoms with E-state index in [0.29, 0.717) is 47.2 Å². The summed E-state index contributed by atoms with van der Waals surface area (Å²) in [7, 11) is 0. The first kappa shape index (κ1) is 15.3. The highest BCUT2D eigenvalue weighted by Crippen LogP contribution is 2.25. The molecule has 2 rings (SSSR count). The molecular weight excluding hydrogens is 349 g/mol. The Balaban J connectivity index is 2.39. The lowest BCUT2D eigenvalue weighted by molar-refractivity contribution is -0.118. The van der Waals surface area contributed by atoms with E-state index in [1.54, 1.807) is 6.07 Å². The van der Waals surface area contributed by atoms with Crippen molar-refractivity contribution >= 4 is 44.5 Å². The fourth-order valence-corrected chi connectivity index (χ4v) is 2.61. The quantitative estimate of drug-likeness (QED) is 0.803. The van der Waals surface area contributed by atoms with E-state index in [4.69, 9.17) is 17.3 Å². The Bertz CT molecular complexity index is 644. The Morgan fingerprint density at radius 1 is 1.50 bits per heavy atom. The number of aryl methyl sites for hydroxylation is 2. The monoisotopic (exact) mass is 361 g/mol. The normalized spacial score (nSPS) is 11.2. The largest absolute Gasteiger partial charge is 0.370 e. The molecule has 20 heavy (non-hydrogen) atoms. The number of primary amides is 1. The molecule has 0 aliphatic heterocycles. The second-order valence-electron chi connectivity index (χ2n) is 4.44. The Morgan fingerprint density at radius 2 is 2.25 bits per heavy atom. The highest BCUT2D eigenvalue weighted by atomic mass is 79.9. The number of halogens is 3. The van der Waals surface area contributed by atoms with Gasteiger partial charge < -0.3 is 10.3 Å². The van der Waals surface area contributed by atoms with Crippen LogP contribution in [0.1, 0.15) is 18.7 Å². The van der Waals surface area contributed by atoms with E-state index < -0.39 is 0 Å². The number of aromatic nitrogens is 2. The first-order valence-corrected chi connectivity index (χ1v) is 7.54. The van der Waals surface area contributed by atoms with Gasteiger partial charge in [-0.2, -0.15) is 0 Å². The van der Waals surface area contributed by atoms with Gasteiger partial charge in [-0.1, -0.05) is 0 Å². The van der Waals surface area contributed by atoms with Crippen molar-refractivity contribution in [2.75, 3.05) is 5.88 Å². The molecule has 4 nitrogen and oxygen atoms in total. The van der Waals surface area contributed by atoms with Gasteiger partial charge in [-0.15, -0.1) is 11.6 Å². The van der Waals surface area contributed by atoms with Crippen molar-refractivity contribution in [2.45, 2.75) is 25.8 Å². The number of benzene rings is 1. The number of fused-ring (bicyclic) bond motifs is 1. The summed E-state index contributed by atoms with van der Waals surface area (Å²) < 4.78 is 16.0. The Kier molecular flexibility index (Phi) is 4.99. The van der Waals surface area contributed by atoms with Gasteiger partial charge in [0.2, 0.25) is 5.91 Å². The highest BCUT2D eigenvalue weighted by Gasteiger charge is 2.13. The van der Waals surface area contributed by atoms with Crippen LogP contribution in [-0.4, -0.2) is 21.3 Å². The molecule has 1 heterocycles. The molecule has 0 saturated carbocycles. The zero-order chi connectivity index (χ0) is 14.7. The van der Waals surface area contributed by atoms with Crippen LogP contribution in [-0.2, 0) is 17.8 Å². The Labute approximate surface area is 129 Å². The number of nitrogens with two attached hydrogens (primary N) is 1. The lowest BCUT2D eigenvalue weighted by Crippen LogP contribution is -2.12. The lowest BCUT2D eigenvalue weighted by Gasteiger charge is -2.08. The average molecular weight is 363 g/mol. The molecule has 0 spiro atoms. The van der Waals surface area contributed by atoms with E-state index in [-0.39, 0.29) is 11.7 Å². The van der Waals surface area contributed by atoms with E-state index in [1.807, 2.05) is 4.57 Å². The van der Waals surface area contributed by atoms with Crippen LogP contribution in [0.25, 0.3) is 11.0 Å². The van der Waals surface area contributed by atoms with Crippen molar-refractivity contribution in [1.29, 1.82) is 0 Å². The third kappa shape index (κ3) is 3.30. The van der Waals surface area contributed by atoms with Gasteiger partial charge in [-0.25, -0.2) is 9.37 Å². The van der Waals surface area contributed by atoms with Gasteiger partial charge in [-0.3, -0.25) is 4.79 Å². The third-order valence-electron chi connectivity index (χ3n) is 2.99. The number of hydrogen-bond acceptors (Lipinski definition) is 2. The van der Waals surface area contributed by atoms with E-state index in [9.17, 15) is 9.18 Å². The number of nitrogens with zero attached hydrogens (tertiary/aromatic N) is 2. The van der Waals surface area contributed by atoms with Crippen LogP contribution in [0.3, 0.4) is 0 Å². The summed E-state index contributed by atoms with van der Waals surface area (Å²) in [6.45, 7) is 0.562. The number of amides is 1. The molecule has 1 aromatic heterocycles. The smallest absolute Gasteiger partial charge is 0.217 e. The van der Waals surface area contributed by atoms with Gasteiger partial charge in [-0.05, 0) is 28.4 Å². The summed E-state index contributed by atoms with van der Waals surface area (Å²) in [4.78, 5) is 15.3. The number of hydrogen-bond donors (Lipinski definition) is 1. The van der Waals surface area contributed by atoms with Crippen LogP contribution >= 0.6 is 27.5 Å². The second-order valence-corrected chi connectivity index (χ2v) is 5.68. The number of rotatable bonds is 6. The molecule has 108 valence electrons. The summed E-state index contributed by atoms with van der Waals surface area (Å²) in [6.07, 6.45) is 1.47. The van der Waals surface area contributed by atoms with E-state index >= 15 is 0 Å². The maximum atomic E-state index is 13.7. The molecule has 1 aromatic carbocycles. The molecule has 0 unspecified atom stereocenters. The van der Waals surface area contributed by atoms with Crippen LogP contribution in [0.15, 0.2) is 16.6 Å². The van der Waals surface area contributed by atoms with Crippen molar-refractivity contribution in [3.63, 3.8) is 0 Å². The maximum Gasteiger partial charge on any atom is 0.217 e. The Hall–Kier alpha value is -1.14. The predicted molar refractivity (Wildman–Crippen MR) is 80.2 cm³/mol. The van der Waals surface area contributed by atoms with Gasteiger partial charge >= 0.3 is 0 Å². The van der Waals surface area contributed by atoms with Crippen LogP contribution in [0.4, 0.5) is 4.39 Å². The number of carbonyl (C=O) groups is 1. The number of carbonyl (C=O) groups excluding carboxylic acids is 1. The molecule has 1 amide bonds. The molecule has 0 aliphatic carbocycles. The van der Waals surface area contributed by atoms with E-state index in [1.165, 1.54) is 6.07 Å². The van der Waals surface area contributed by atoms with Gasteiger partial charge in [0.05, 0.1) is 15.5 Å². The van der Waals surface area contributed by atoms with Crippen molar-refractivity contribution in [2.24, 2.45) is 5.73 Å². The SMILES string of the molecule is NC(=O)CCCn1c(CCCl)nc2cc(Br)c(F)cc21. The molecule has 7 heteroatoms. The van der Waals surface area contributed by atoms with Gasteiger partial charge in [0, 0.05) is 31.3 Å². The van der Waals surface area contributed by atoms with Crippen LogP contribution in [0.5, 0.6) is 0 Å². The molecule has 0 fully saturated rings. The van der Waals surface area contributed by atoms with Crippen LogP contribution < -0.4 is 5.73 Å². The van der Waals surface area contributed by atoms with Gasteiger partial charge in [0.25, 0.3) is 0 Å². The third-order valence-corrected chi connectivity index (χ3v) is 3.79. The molecule has 0 saturated heterocycles. The highest BCUT2D eigenvalue weighted by molar-refractivity contribution is 9.10. The molecule has 0 radical (unpaired) electrons. The van der Waals surface area contributed by atoms with E-state index in [0.717, 1.165) is 5.82 Å². The summed E-state index contributed by atoms with van der Waals surface area (Å²) in [6, 6.07) is 3.08. The van der Waals surface area contributed by atoms with Crippen LogP contribution in [0.2, 0.25) is 0 Å². The Morgan fingerprint density at radius 3 is 2.90 bits per heavy atom. The second kappa shape index (κ2) is 6.54. The average Bonchev–Trinajstić information content (AvgIpc) is 2.68. The summed E-state index contributed by atoms with van der Waals surface area (Å²) in [5.74, 6) is 0.535. The van der Waals surface area contributed by atoms with Gasteiger partial charge in [0.1, 0.15) is 11.6 Å². The standard InChI is InChI=1S/C13H14BrClFN3O/c14-8-6-10-11(7-9(8)16)19(5-1-2-12(17)20)13(18-10)3-4-15/h6-7H,1-5H2,(H2,17,20). The zero-order valence-corrected chi connectivity index (χ0v) is 13.0. The lowest BCUT2D eigenvalue weighted by atomic mass is 10.2. The fourth-order valence-electron chi connectivity index (χ4n) is 2.11. The molecular formula is C13H14BrClFN3O. The predicted octanol–water partition coefficient (Wildman–Crippen LogP) is 2.98. The number of imidazole rings is 1.